The van der Waals surface area contributed by atoms with Crippen LogP contribution in [0.1, 0.15) is 31.7 Å². The molecule has 0 bridgehead atoms. The van der Waals surface area contributed by atoms with Crippen LogP contribution in [0.4, 0.5) is 4.39 Å². The Kier molecular flexibility index (Phi) is 6.85. The highest BCUT2D eigenvalue weighted by atomic mass is 19.1. The zero-order chi connectivity index (χ0) is 15.8. The van der Waals surface area contributed by atoms with Crippen LogP contribution in [0.3, 0.4) is 0 Å². The molecule has 1 aromatic carbocycles. The number of carboxylic acids is 1. The smallest absolute Gasteiger partial charge is 0.303 e. The van der Waals surface area contributed by atoms with Crippen LogP contribution < -0.4 is 0 Å². The predicted octanol–water partition coefficient (Wildman–Crippen LogP) is 2.72. The molecule has 1 atom stereocenters. The number of hydrogen-bond donors (Lipinski definition) is 1. The summed E-state index contributed by atoms with van der Waals surface area (Å²) in [5.41, 5.74) is 0.879. The molecule has 0 fully saturated rings. The molecule has 116 valence electrons. The lowest BCUT2D eigenvalue weighted by molar-refractivity contribution is -0.138. The Morgan fingerprint density at radius 2 is 2.10 bits per heavy atom. The fourth-order valence-electron chi connectivity index (χ4n) is 2.18. The van der Waals surface area contributed by atoms with Crippen molar-refractivity contribution in [1.82, 2.24) is 4.90 Å². The lowest BCUT2D eigenvalue weighted by Gasteiger charge is -2.19. The van der Waals surface area contributed by atoms with Gasteiger partial charge < -0.3 is 10.0 Å². The SMILES string of the molecule is CC(CC(=O)N(C)CCCC(=O)O)Cc1cccc(F)c1. The highest BCUT2D eigenvalue weighted by Crippen LogP contribution is 2.14. The van der Waals surface area contributed by atoms with E-state index >= 15 is 0 Å². The number of nitrogens with zero attached hydrogens (tertiary/aromatic N) is 1. The summed E-state index contributed by atoms with van der Waals surface area (Å²) in [5, 5.41) is 8.56. The van der Waals surface area contributed by atoms with E-state index in [9.17, 15) is 14.0 Å². The number of aliphatic carboxylic acids is 1. The molecule has 21 heavy (non-hydrogen) atoms. The van der Waals surface area contributed by atoms with Crippen molar-refractivity contribution in [2.45, 2.75) is 32.6 Å². The number of amides is 1. The van der Waals surface area contributed by atoms with Crippen molar-refractivity contribution in [2.75, 3.05) is 13.6 Å². The van der Waals surface area contributed by atoms with Crippen LogP contribution in [0, 0.1) is 11.7 Å². The van der Waals surface area contributed by atoms with Gasteiger partial charge in [0.25, 0.3) is 0 Å². The number of benzene rings is 1. The minimum Gasteiger partial charge on any atom is -0.481 e. The third-order valence-electron chi connectivity index (χ3n) is 3.31. The molecule has 0 aliphatic heterocycles. The molecule has 0 aliphatic carbocycles. The lowest BCUT2D eigenvalue weighted by Crippen LogP contribution is -2.29. The van der Waals surface area contributed by atoms with Crippen molar-refractivity contribution in [3.05, 3.63) is 35.6 Å². The first kappa shape index (κ1) is 17.1. The first-order valence-electron chi connectivity index (χ1n) is 7.08. The summed E-state index contributed by atoms with van der Waals surface area (Å²) < 4.78 is 13.1. The van der Waals surface area contributed by atoms with E-state index in [0.717, 1.165) is 5.56 Å². The Hall–Kier alpha value is -1.91. The van der Waals surface area contributed by atoms with Gasteiger partial charge in [0, 0.05) is 26.4 Å². The van der Waals surface area contributed by atoms with Gasteiger partial charge in [-0.05, 0) is 36.5 Å². The molecule has 0 aromatic heterocycles. The normalized spacial score (nSPS) is 12.0. The van der Waals surface area contributed by atoms with Gasteiger partial charge in [-0.2, -0.15) is 0 Å². The molecule has 1 rings (SSSR count). The largest absolute Gasteiger partial charge is 0.481 e. The lowest BCUT2D eigenvalue weighted by atomic mass is 9.97. The van der Waals surface area contributed by atoms with E-state index in [1.807, 2.05) is 13.0 Å². The molecule has 1 amide bonds. The Balaban J connectivity index is 2.37. The summed E-state index contributed by atoms with van der Waals surface area (Å²) in [4.78, 5) is 24.0. The summed E-state index contributed by atoms with van der Waals surface area (Å²) >= 11 is 0. The molecular weight excluding hydrogens is 273 g/mol. The number of hydrogen-bond acceptors (Lipinski definition) is 2. The molecule has 0 saturated carbocycles. The number of carboxylic acid groups (broad SMARTS) is 1. The molecule has 1 unspecified atom stereocenters. The van der Waals surface area contributed by atoms with E-state index in [1.165, 1.54) is 12.1 Å². The molecule has 0 radical (unpaired) electrons. The van der Waals surface area contributed by atoms with Gasteiger partial charge in [0.05, 0.1) is 0 Å². The summed E-state index contributed by atoms with van der Waals surface area (Å²) in [6.07, 6.45) is 1.54. The van der Waals surface area contributed by atoms with E-state index in [4.69, 9.17) is 5.11 Å². The Morgan fingerprint density at radius 1 is 1.38 bits per heavy atom. The molecule has 1 N–H and O–H groups in total. The maximum atomic E-state index is 13.1. The molecule has 0 heterocycles. The third-order valence-corrected chi connectivity index (χ3v) is 3.31. The fourth-order valence-corrected chi connectivity index (χ4v) is 2.18. The van der Waals surface area contributed by atoms with Crippen molar-refractivity contribution in [2.24, 2.45) is 5.92 Å². The molecule has 4 nitrogen and oxygen atoms in total. The third kappa shape index (κ3) is 6.88. The quantitative estimate of drug-likeness (QED) is 0.802. The zero-order valence-corrected chi connectivity index (χ0v) is 12.5. The van der Waals surface area contributed by atoms with Gasteiger partial charge in [0.1, 0.15) is 5.82 Å². The second-order valence-corrected chi connectivity index (χ2v) is 5.46. The molecule has 0 spiro atoms. The van der Waals surface area contributed by atoms with Crippen LogP contribution in [-0.4, -0.2) is 35.5 Å². The number of rotatable bonds is 8. The van der Waals surface area contributed by atoms with Crippen molar-refractivity contribution >= 4 is 11.9 Å². The molecular formula is C16H22FNO3. The van der Waals surface area contributed by atoms with Crippen molar-refractivity contribution in [3.63, 3.8) is 0 Å². The van der Waals surface area contributed by atoms with E-state index in [1.54, 1.807) is 18.0 Å². The Bertz CT molecular complexity index is 490. The minimum absolute atomic E-state index is 0.00991. The van der Waals surface area contributed by atoms with Crippen LogP contribution in [-0.2, 0) is 16.0 Å². The van der Waals surface area contributed by atoms with Gasteiger partial charge in [-0.15, -0.1) is 0 Å². The van der Waals surface area contributed by atoms with Gasteiger partial charge in [0.15, 0.2) is 0 Å². The second kappa shape index (κ2) is 8.39. The number of halogens is 1. The fraction of sp³-hybridized carbons (Fsp3) is 0.500. The number of carbonyl (C=O) groups is 2. The van der Waals surface area contributed by atoms with Gasteiger partial charge in [0.2, 0.25) is 5.91 Å². The van der Waals surface area contributed by atoms with Crippen LogP contribution in [0.15, 0.2) is 24.3 Å². The molecule has 0 saturated heterocycles. The van der Waals surface area contributed by atoms with Crippen LogP contribution in [0.25, 0.3) is 0 Å². The van der Waals surface area contributed by atoms with E-state index in [2.05, 4.69) is 0 Å². The van der Waals surface area contributed by atoms with Crippen molar-refractivity contribution < 1.29 is 19.1 Å². The summed E-state index contributed by atoms with van der Waals surface area (Å²) in [6.45, 7) is 2.39. The zero-order valence-electron chi connectivity index (χ0n) is 12.5. The maximum Gasteiger partial charge on any atom is 0.303 e. The standard InChI is InChI=1S/C16H22FNO3/c1-12(9-13-5-3-6-14(17)11-13)10-15(19)18(2)8-4-7-16(20)21/h3,5-6,11-12H,4,7-10H2,1-2H3,(H,20,21). The van der Waals surface area contributed by atoms with E-state index < -0.39 is 5.97 Å². The number of carbonyl (C=O) groups excluding carboxylic acids is 1. The molecule has 0 aliphatic rings. The van der Waals surface area contributed by atoms with Gasteiger partial charge in [-0.1, -0.05) is 19.1 Å². The first-order valence-corrected chi connectivity index (χ1v) is 7.08. The maximum absolute atomic E-state index is 13.1. The van der Waals surface area contributed by atoms with Crippen LogP contribution in [0.2, 0.25) is 0 Å². The van der Waals surface area contributed by atoms with Gasteiger partial charge in [-0.25, -0.2) is 4.39 Å². The second-order valence-electron chi connectivity index (χ2n) is 5.46. The van der Waals surface area contributed by atoms with Gasteiger partial charge in [-0.3, -0.25) is 9.59 Å². The summed E-state index contributed by atoms with van der Waals surface area (Å²) in [5.74, 6) is -1.02. The highest BCUT2D eigenvalue weighted by molar-refractivity contribution is 5.76. The van der Waals surface area contributed by atoms with Crippen molar-refractivity contribution in [3.8, 4) is 0 Å². The van der Waals surface area contributed by atoms with Crippen LogP contribution in [0.5, 0.6) is 0 Å². The van der Waals surface area contributed by atoms with Gasteiger partial charge >= 0.3 is 5.97 Å². The van der Waals surface area contributed by atoms with E-state index in [0.29, 0.717) is 25.8 Å². The van der Waals surface area contributed by atoms with Crippen LogP contribution >= 0.6 is 0 Å². The molecule has 1 aromatic rings. The topological polar surface area (TPSA) is 57.6 Å². The Morgan fingerprint density at radius 3 is 2.71 bits per heavy atom. The average molecular weight is 295 g/mol. The predicted molar refractivity (Wildman–Crippen MR) is 78.4 cm³/mol. The highest BCUT2D eigenvalue weighted by Gasteiger charge is 2.14. The molecule has 5 heteroatoms. The average Bonchev–Trinajstić information content (AvgIpc) is 2.37. The van der Waals surface area contributed by atoms with Crippen molar-refractivity contribution in [1.29, 1.82) is 0 Å². The first-order chi connectivity index (χ1) is 9.88. The monoisotopic (exact) mass is 295 g/mol. The van der Waals surface area contributed by atoms with E-state index in [-0.39, 0.29) is 24.1 Å². The minimum atomic E-state index is -0.852. The Labute approximate surface area is 124 Å². The summed E-state index contributed by atoms with van der Waals surface area (Å²) in [6, 6.07) is 6.39. The summed E-state index contributed by atoms with van der Waals surface area (Å²) in [7, 11) is 1.68.